The van der Waals surface area contributed by atoms with Crippen LogP contribution >= 0.6 is 0 Å². The highest BCUT2D eigenvalue weighted by molar-refractivity contribution is 5.70. The van der Waals surface area contributed by atoms with Crippen molar-refractivity contribution in [3.05, 3.63) is 59.2 Å². The van der Waals surface area contributed by atoms with Crippen LogP contribution in [0.1, 0.15) is 54.3 Å². The van der Waals surface area contributed by atoms with Gasteiger partial charge in [0.05, 0.1) is 0 Å². The Hall–Kier alpha value is -1.60. The van der Waals surface area contributed by atoms with E-state index in [0.717, 1.165) is 5.92 Å². The van der Waals surface area contributed by atoms with Crippen molar-refractivity contribution in [3.63, 3.8) is 0 Å². The second-order valence-electron chi connectivity index (χ2n) is 6.51. The first-order chi connectivity index (χ1) is 10.4. The molecule has 1 N–H and O–H groups in total. The lowest BCUT2D eigenvalue weighted by Gasteiger charge is -2.26. The normalized spacial score (nSPS) is 21.1. The molecule has 0 saturated heterocycles. The maximum atomic E-state index is 3.45. The zero-order valence-electron chi connectivity index (χ0n) is 12.7. The highest BCUT2D eigenvalue weighted by atomic mass is 14.9. The van der Waals surface area contributed by atoms with Crippen LogP contribution in [0.5, 0.6) is 0 Å². The maximum Gasteiger partial charge on any atom is 0.0323 e. The number of rotatable bonds is 3. The van der Waals surface area contributed by atoms with E-state index in [4.69, 9.17) is 0 Å². The summed E-state index contributed by atoms with van der Waals surface area (Å²) in [5.74, 6) is 0.812. The van der Waals surface area contributed by atoms with Crippen LogP contribution < -0.4 is 5.32 Å². The summed E-state index contributed by atoms with van der Waals surface area (Å²) < 4.78 is 0. The molecular formula is C20H23N. The minimum absolute atomic E-state index is 0.537. The van der Waals surface area contributed by atoms with E-state index in [-0.39, 0.29) is 0 Å². The van der Waals surface area contributed by atoms with Crippen molar-refractivity contribution in [1.82, 2.24) is 5.32 Å². The van der Waals surface area contributed by atoms with E-state index in [1.807, 2.05) is 0 Å². The van der Waals surface area contributed by atoms with Crippen LogP contribution in [0.25, 0.3) is 11.1 Å². The molecule has 0 bridgehead atoms. The van der Waals surface area contributed by atoms with Gasteiger partial charge in [-0.1, -0.05) is 48.9 Å². The van der Waals surface area contributed by atoms with Gasteiger partial charge in [-0.05, 0) is 66.5 Å². The molecule has 1 atom stereocenters. The molecule has 1 fully saturated rings. The Bertz CT molecular complexity index is 655. The quantitative estimate of drug-likeness (QED) is 0.847. The Balaban J connectivity index is 1.75. The van der Waals surface area contributed by atoms with Crippen molar-refractivity contribution in [2.45, 2.75) is 44.1 Å². The van der Waals surface area contributed by atoms with Crippen LogP contribution in [0.2, 0.25) is 0 Å². The average Bonchev–Trinajstić information content (AvgIpc) is 2.89. The first-order valence-electron chi connectivity index (χ1n) is 8.26. The second-order valence-corrected chi connectivity index (χ2v) is 6.51. The summed E-state index contributed by atoms with van der Waals surface area (Å²) >= 11 is 0. The molecule has 0 radical (unpaired) electrons. The summed E-state index contributed by atoms with van der Waals surface area (Å²) in [5.41, 5.74) is 7.46. The molecule has 0 aromatic heterocycles. The molecule has 2 aromatic rings. The van der Waals surface area contributed by atoms with E-state index in [9.17, 15) is 0 Å². The first-order valence-corrected chi connectivity index (χ1v) is 8.26. The molecule has 2 aromatic carbocycles. The molecule has 0 heterocycles. The summed E-state index contributed by atoms with van der Waals surface area (Å²) in [6.07, 6.45) is 6.58. The van der Waals surface area contributed by atoms with E-state index in [1.165, 1.54) is 48.8 Å². The minimum Gasteiger partial charge on any atom is -0.313 e. The predicted octanol–water partition coefficient (Wildman–Crippen LogP) is 4.83. The van der Waals surface area contributed by atoms with Crippen molar-refractivity contribution < 1.29 is 0 Å². The zero-order valence-corrected chi connectivity index (χ0v) is 12.7. The summed E-state index contributed by atoms with van der Waals surface area (Å²) in [7, 11) is 2.07. The number of hydrogen-bond donors (Lipinski definition) is 1. The van der Waals surface area contributed by atoms with E-state index in [2.05, 4.69) is 54.8 Å². The Labute approximate surface area is 127 Å². The number of nitrogens with one attached hydrogen (secondary N) is 1. The smallest absolute Gasteiger partial charge is 0.0323 e. The predicted molar refractivity (Wildman–Crippen MR) is 88.6 cm³/mol. The average molecular weight is 277 g/mol. The van der Waals surface area contributed by atoms with Crippen LogP contribution in [0.4, 0.5) is 0 Å². The molecule has 1 saturated carbocycles. The summed E-state index contributed by atoms with van der Waals surface area (Å²) in [5, 5.41) is 3.45. The van der Waals surface area contributed by atoms with Gasteiger partial charge in [0.15, 0.2) is 0 Å². The van der Waals surface area contributed by atoms with Crippen LogP contribution in [0.3, 0.4) is 0 Å². The van der Waals surface area contributed by atoms with Gasteiger partial charge in [0, 0.05) is 6.04 Å². The zero-order chi connectivity index (χ0) is 14.2. The van der Waals surface area contributed by atoms with Gasteiger partial charge >= 0.3 is 0 Å². The van der Waals surface area contributed by atoms with Crippen LogP contribution in [-0.4, -0.2) is 7.05 Å². The number of benzene rings is 2. The third-order valence-electron chi connectivity index (χ3n) is 5.39. The molecule has 0 amide bonds. The lowest BCUT2D eigenvalue weighted by atomic mass is 9.79. The van der Waals surface area contributed by atoms with Crippen molar-refractivity contribution in [1.29, 1.82) is 0 Å². The maximum absolute atomic E-state index is 3.45. The van der Waals surface area contributed by atoms with Crippen molar-refractivity contribution in [2.75, 3.05) is 7.05 Å². The van der Waals surface area contributed by atoms with Crippen LogP contribution in [0.15, 0.2) is 42.5 Å². The van der Waals surface area contributed by atoms with Gasteiger partial charge in [0.1, 0.15) is 0 Å². The lowest BCUT2D eigenvalue weighted by Crippen LogP contribution is -2.12. The van der Waals surface area contributed by atoms with Gasteiger partial charge in [0.25, 0.3) is 0 Å². The number of fused-ring (bicyclic) bond motifs is 1. The van der Waals surface area contributed by atoms with Gasteiger partial charge < -0.3 is 5.32 Å². The standard InChI is InChI=1S/C20H23N/c1-21-20-12-11-18-17(9-4-10-19(18)20)16-8-3-7-15(13-16)14-5-2-6-14/h3-4,7-10,13-14,20-21H,2,5-6,11-12H2,1H3. The van der Waals surface area contributed by atoms with E-state index in [1.54, 1.807) is 11.1 Å². The molecule has 21 heavy (non-hydrogen) atoms. The van der Waals surface area contributed by atoms with Gasteiger partial charge in [-0.2, -0.15) is 0 Å². The second kappa shape index (κ2) is 5.31. The molecule has 1 nitrogen and oxygen atoms in total. The molecule has 4 rings (SSSR count). The molecule has 0 aliphatic heterocycles. The third-order valence-corrected chi connectivity index (χ3v) is 5.39. The highest BCUT2D eigenvalue weighted by Gasteiger charge is 2.24. The van der Waals surface area contributed by atoms with Crippen molar-refractivity contribution in [3.8, 4) is 11.1 Å². The van der Waals surface area contributed by atoms with Crippen LogP contribution in [-0.2, 0) is 6.42 Å². The monoisotopic (exact) mass is 277 g/mol. The SMILES string of the molecule is CNC1CCc2c(-c3cccc(C4CCC4)c3)cccc21. The largest absolute Gasteiger partial charge is 0.313 e. The van der Waals surface area contributed by atoms with Gasteiger partial charge in [-0.3, -0.25) is 0 Å². The molecule has 0 spiro atoms. The van der Waals surface area contributed by atoms with E-state index >= 15 is 0 Å². The summed E-state index contributed by atoms with van der Waals surface area (Å²) in [6, 6.07) is 16.6. The van der Waals surface area contributed by atoms with Gasteiger partial charge in [-0.15, -0.1) is 0 Å². The van der Waals surface area contributed by atoms with Crippen molar-refractivity contribution >= 4 is 0 Å². The fourth-order valence-electron chi connectivity index (χ4n) is 3.93. The Morgan fingerprint density at radius 2 is 1.86 bits per heavy atom. The van der Waals surface area contributed by atoms with E-state index < -0.39 is 0 Å². The third kappa shape index (κ3) is 2.20. The topological polar surface area (TPSA) is 12.0 Å². The molecular weight excluding hydrogens is 254 g/mol. The molecule has 2 aliphatic rings. The molecule has 1 heteroatoms. The molecule has 108 valence electrons. The lowest BCUT2D eigenvalue weighted by molar-refractivity contribution is 0.420. The van der Waals surface area contributed by atoms with Gasteiger partial charge in [0.2, 0.25) is 0 Å². The minimum atomic E-state index is 0.537. The summed E-state index contributed by atoms with van der Waals surface area (Å²) in [4.78, 5) is 0. The molecule has 2 aliphatic carbocycles. The molecule has 1 unspecified atom stereocenters. The Kier molecular flexibility index (Phi) is 3.31. The number of hydrogen-bond acceptors (Lipinski definition) is 1. The van der Waals surface area contributed by atoms with Gasteiger partial charge in [-0.25, -0.2) is 0 Å². The van der Waals surface area contributed by atoms with E-state index in [0.29, 0.717) is 6.04 Å². The first kappa shape index (κ1) is 13.1. The Morgan fingerprint density at radius 3 is 2.62 bits per heavy atom. The highest BCUT2D eigenvalue weighted by Crippen LogP contribution is 2.40. The van der Waals surface area contributed by atoms with Crippen LogP contribution in [0, 0.1) is 0 Å². The Morgan fingerprint density at radius 1 is 1.00 bits per heavy atom. The fraction of sp³-hybridized carbons (Fsp3) is 0.400. The van der Waals surface area contributed by atoms with Crippen molar-refractivity contribution in [2.24, 2.45) is 0 Å². The fourth-order valence-corrected chi connectivity index (χ4v) is 3.93. The summed E-state index contributed by atoms with van der Waals surface area (Å²) in [6.45, 7) is 0.